The highest BCUT2D eigenvalue weighted by atomic mass is 16.3. The van der Waals surface area contributed by atoms with Gasteiger partial charge < -0.3 is 14.4 Å². The summed E-state index contributed by atoms with van der Waals surface area (Å²) in [5, 5.41) is 10.7. The average Bonchev–Trinajstić information content (AvgIpc) is 3.01. The number of rotatable bonds is 3. The molecule has 1 atom stereocenters. The molecule has 1 amide bonds. The summed E-state index contributed by atoms with van der Waals surface area (Å²) < 4.78 is 1.91. The Hall–Kier alpha value is -2.59. The van der Waals surface area contributed by atoms with Gasteiger partial charge >= 0.3 is 0 Å². The van der Waals surface area contributed by atoms with E-state index < -0.39 is 6.10 Å². The summed E-state index contributed by atoms with van der Waals surface area (Å²) in [6.07, 6.45) is 1.10. The van der Waals surface area contributed by atoms with Gasteiger partial charge in [0.2, 0.25) is 0 Å². The van der Waals surface area contributed by atoms with Gasteiger partial charge in [-0.2, -0.15) is 0 Å². The Morgan fingerprint density at radius 2 is 1.82 bits per heavy atom. The van der Waals surface area contributed by atoms with Gasteiger partial charge in [-0.15, -0.1) is 0 Å². The number of hydrogen-bond acceptors (Lipinski definition) is 2. The second-order valence-corrected chi connectivity index (χ2v) is 5.48. The number of benzene rings is 1. The molecular weight excluding hydrogens is 276 g/mol. The molecule has 22 heavy (non-hydrogen) atoms. The van der Waals surface area contributed by atoms with Crippen molar-refractivity contribution in [1.29, 1.82) is 0 Å². The van der Waals surface area contributed by atoms with Crippen LogP contribution in [0.25, 0.3) is 5.52 Å². The van der Waals surface area contributed by atoms with E-state index in [4.69, 9.17) is 0 Å². The fourth-order valence-corrected chi connectivity index (χ4v) is 2.58. The molecule has 0 fully saturated rings. The van der Waals surface area contributed by atoms with E-state index in [1.807, 2.05) is 59.1 Å². The van der Waals surface area contributed by atoms with Crippen LogP contribution in [0, 0.1) is 0 Å². The Labute approximate surface area is 129 Å². The number of carbonyl (C=O) groups is 1. The van der Waals surface area contributed by atoms with Crippen LogP contribution in [-0.4, -0.2) is 34.4 Å². The molecule has 0 radical (unpaired) electrons. The largest absolute Gasteiger partial charge is 0.382 e. The van der Waals surface area contributed by atoms with E-state index in [-0.39, 0.29) is 5.91 Å². The Morgan fingerprint density at radius 3 is 2.50 bits per heavy atom. The molecule has 0 aliphatic carbocycles. The molecule has 2 aromatic heterocycles. The summed E-state index contributed by atoms with van der Waals surface area (Å²) in [5.41, 5.74) is 2.93. The highest BCUT2D eigenvalue weighted by Crippen LogP contribution is 2.25. The molecule has 1 aromatic carbocycles. The topological polar surface area (TPSA) is 45.0 Å². The molecule has 0 bridgehead atoms. The Morgan fingerprint density at radius 1 is 1.09 bits per heavy atom. The van der Waals surface area contributed by atoms with Crippen molar-refractivity contribution in [3.8, 4) is 0 Å². The van der Waals surface area contributed by atoms with Crippen LogP contribution in [0.15, 0.2) is 60.8 Å². The summed E-state index contributed by atoms with van der Waals surface area (Å²) in [4.78, 5) is 13.8. The van der Waals surface area contributed by atoms with Crippen molar-refractivity contribution in [2.24, 2.45) is 0 Å². The van der Waals surface area contributed by atoms with Crippen molar-refractivity contribution in [2.75, 3.05) is 14.1 Å². The third-order valence-corrected chi connectivity index (χ3v) is 3.71. The van der Waals surface area contributed by atoms with E-state index in [0.717, 1.165) is 11.1 Å². The molecule has 1 unspecified atom stereocenters. The predicted octanol–water partition coefficient (Wildman–Crippen LogP) is 2.72. The Balaban J connectivity index is 2.15. The highest BCUT2D eigenvalue weighted by molar-refractivity contribution is 5.95. The van der Waals surface area contributed by atoms with Gasteiger partial charge in [0, 0.05) is 31.4 Å². The van der Waals surface area contributed by atoms with Crippen molar-refractivity contribution in [3.05, 3.63) is 77.6 Å². The first-order chi connectivity index (χ1) is 10.6. The maximum Gasteiger partial charge on any atom is 0.253 e. The fraction of sp³-hybridized carbons (Fsp3) is 0.167. The third kappa shape index (κ3) is 2.49. The molecule has 0 aliphatic heterocycles. The number of aliphatic hydroxyl groups is 1. The molecule has 4 heteroatoms. The number of fused-ring (bicyclic) bond motifs is 1. The van der Waals surface area contributed by atoms with E-state index >= 15 is 0 Å². The van der Waals surface area contributed by atoms with Crippen LogP contribution in [0.1, 0.15) is 27.7 Å². The maximum atomic E-state index is 12.3. The highest BCUT2D eigenvalue weighted by Gasteiger charge is 2.17. The Kier molecular flexibility index (Phi) is 3.69. The van der Waals surface area contributed by atoms with Gasteiger partial charge in [-0.1, -0.05) is 30.3 Å². The lowest BCUT2D eigenvalue weighted by atomic mass is 10.0. The number of pyridine rings is 1. The normalized spacial score (nSPS) is 12.3. The van der Waals surface area contributed by atoms with Crippen molar-refractivity contribution in [1.82, 2.24) is 9.30 Å². The van der Waals surface area contributed by atoms with E-state index in [2.05, 4.69) is 0 Å². The van der Waals surface area contributed by atoms with Gasteiger partial charge in [0.15, 0.2) is 0 Å². The number of hydrogen-bond donors (Lipinski definition) is 1. The molecule has 0 saturated carbocycles. The average molecular weight is 294 g/mol. The molecular formula is C18H18N2O2. The number of amides is 1. The minimum Gasteiger partial charge on any atom is -0.382 e. The summed E-state index contributed by atoms with van der Waals surface area (Å²) in [6.45, 7) is 0. The predicted molar refractivity (Wildman–Crippen MR) is 85.9 cm³/mol. The zero-order valence-corrected chi connectivity index (χ0v) is 12.6. The van der Waals surface area contributed by atoms with Gasteiger partial charge in [0.05, 0.1) is 5.69 Å². The quantitative estimate of drug-likeness (QED) is 0.807. The van der Waals surface area contributed by atoms with Crippen LogP contribution >= 0.6 is 0 Å². The van der Waals surface area contributed by atoms with Crippen LogP contribution in [0.2, 0.25) is 0 Å². The molecule has 0 saturated heterocycles. The van der Waals surface area contributed by atoms with Gasteiger partial charge in [-0.25, -0.2) is 0 Å². The minimum absolute atomic E-state index is 0.0785. The molecule has 4 nitrogen and oxygen atoms in total. The van der Waals surface area contributed by atoms with Crippen LogP contribution in [0.4, 0.5) is 0 Å². The number of aliphatic hydroxyl groups excluding tert-OH is 1. The zero-order chi connectivity index (χ0) is 15.7. The van der Waals surface area contributed by atoms with Crippen LogP contribution in [0.3, 0.4) is 0 Å². The summed E-state index contributed by atoms with van der Waals surface area (Å²) in [7, 11) is 3.44. The van der Waals surface area contributed by atoms with E-state index in [0.29, 0.717) is 11.3 Å². The number of carbonyl (C=O) groups excluding carboxylic acids is 1. The van der Waals surface area contributed by atoms with Crippen LogP contribution < -0.4 is 0 Å². The Bertz CT molecular complexity index is 806. The standard InChI is InChI=1S/C18H18N2O2/c1-19(2)18(22)14-11-15-9-6-10-20(15)16(12-14)17(21)13-7-4-3-5-8-13/h3-12,17,21H,1-2H3. The summed E-state index contributed by atoms with van der Waals surface area (Å²) in [5.74, 6) is -0.0785. The van der Waals surface area contributed by atoms with E-state index in [1.165, 1.54) is 4.90 Å². The second-order valence-electron chi connectivity index (χ2n) is 5.48. The first kappa shape index (κ1) is 14.4. The van der Waals surface area contributed by atoms with E-state index in [9.17, 15) is 9.90 Å². The van der Waals surface area contributed by atoms with Gasteiger partial charge in [-0.05, 0) is 29.8 Å². The van der Waals surface area contributed by atoms with Crippen molar-refractivity contribution < 1.29 is 9.90 Å². The first-order valence-corrected chi connectivity index (χ1v) is 7.13. The molecule has 112 valence electrons. The van der Waals surface area contributed by atoms with Crippen molar-refractivity contribution in [3.63, 3.8) is 0 Å². The van der Waals surface area contributed by atoms with Gasteiger partial charge in [0.25, 0.3) is 5.91 Å². The third-order valence-electron chi connectivity index (χ3n) is 3.71. The molecule has 0 spiro atoms. The molecule has 3 rings (SSSR count). The molecule has 3 aromatic rings. The molecule has 1 N–H and O–H groups in total. The number of aromatic nitrogens is 1. The van der Waals surface area contributed by atoms with Gasteiger partial charge in [0.1, 0.15) is 6.10 Å². The van der Waals surface area contributed by atoms with Crippen molar-refractivity contribution in [2.45, 2.75) is 6.10 Å². The van der Waals surface area contributed by atoms with Gasteiger partial charge in [-0.3, -0.25) is 4.79 Å². The van der Waals surface area contributed by atoms with Crippen molar-refractivity contribution >= 4 is 11.4 Å². The minimum atomic E-state index is -0.786. The molecule has 2 heterocycles. The number of nitrogens with zero attached hydrogens (tertiary/aromatic N) is 2. The monoisotopic (exact) mass is 294 g/mol. The fourth-order valence-electron chi connectivity index (χ4n) is 2.58. The first-order valence-electron chi connectivity index (χ1n) is 7.13. The summed E-state index contributed by atoms with van der Waals surface area (Å²) >= 11 is 0. The maximum absolute atomic E-state index is 12.3. The second kappa shape index (κ2) is 5.66. The van der Waals surface area contributed by atoms with Crippen LogP contribution in [0.5, 0.6) is 0 Å². The van der Waals surface area contributed by atoms with Crippen LogP contribution in [-0.2, 0) is 0 Å². The lowest BCUT2D eigenvalue weighted by Crippen LogP contribution is -2.22. The van der Waals surface area contributed by atoms with E-state index in [1.54, 1.807) is 20.2 Å². The zero-order valence-electron chi connectivity index (χ0n) is 12.6. The lowest BCUT2D eigenvalue weighted by molar-refractivity contribution is 0.0827. The SMILES string of the molecule is CN(C)C(=O)c1cc(C(O)c2ccccc2)n2cccc2c1. The summed E-state index contributed by atoms with van der Waals surface area (Å²) in [6, 6.07) is 16.9. The lowest BCUT2D eigenvalue weighted by Gasteiger charge is -2.17. The smallest absolute Gasteiger partial charge is 0.253 e. The molecule has 0 aliphatic rings.